The summed E-state index contributed by atoms with van der Waals surface area (Å²) >= 11 is 0. The number of nitrogens with one attached hydrogen (secondary N) is 1. The van der Waals surface area contributed by atoms with Crippen molar-refractivity contribution < 1.29 is 9.53 Å². The van der Waals surface area contributed by atoms with E-state index in [1.165, 1.54) is 11.1 Å². The number of para-hydroxylation sites is 1. The fourth-order valence-electron chi connectivity index (χ4n) is 3.79. The maximum absolute atomic E-state index is 12.6. The minimum atomic E-state index is -0.0851. The molecule has 0 bridgehead atoms. The maximum atomic E-state index is 12.6. The Bertz CT molecular complexity index is 882. The van der Waals surface area contributed by atoms with Crippen LogP contribution in [0.25, 0.3) is 0 Å². The number of rotatable bonds is 6. The number of nitrogens with zero attached hydrogens (tertiary/aromatic N) is 1. The lowest BCUT2D eigenvalue weighted by Crippen LogP contribution is -2.60. The molecule has 1 heterocycles. The molecule has 0 atom stereocenters. The zero-order valence-corrected chi connectivity index (χ0v) is 15.9. The Morgan fingerprint density at radius 3 is 2.00 bits per heavy atom. The minimum absolute atomic E-state index is 0.0851. The number of hydrogen-bond donors (Lipinski definition) is 1. The normalized spacial score (nSPS) is 14.5. The Morgan fingerprint density at radius 2 is 1.43 bits per heavy atom. The first-order valence-electron chi connectivity index (χ1n) is 9.54. The lowest BCUT2D eigenvalue weighted by atomic mass is 9.93. The SMILES string of the molecule is COc1ccccc1C(=O)NC1CN(C(c2ccccc2)c2ccccc2)C1. The highest BCUT2D eigenvalue weighted by atomic mass is 16.5. The molecule has 1 aliphatic heterocycles. The molecule has 28 heavy (non-hydrogen) atoms. The lowest BCUT2D eigenvalue weighted by molar-refractivity contribution is 0.0716. The van der Waals surface area contributed by atoms with Gasteiger partial charge in [0.25, 0.3) is 5.91 Å². The molecule has 0 unspecified atom stereocenters. The molecule has 1 fully saturated rings. The van der Waals surface area contributed by atoms with Crippen LogP contribution in [-0.4, -0.2) is 37.0 Å². The highest BCUT2D eigenvalue weighted by molar-refractivity contribution is 5.97. The summed E-state index contributed by atoms with van der Waals surface area (Å²) < 4.78 is 5.30. The summed E-state index contributed by atoms with van der Waals surface area (Å²) in [6.07, 6.45) is 0. The second kappa shape index (κ2) is 8.28. The van der Waals surface area contributed by atoms with Crippen LogP contribution in [0.15, 0.2) is 84.9 Å². The Labute approximate surface area is 165 Å². The van der Waals surface area contributed by atoms with E-state index in [0.717, 1.165) is 13.1 Å². The molecule has 3 aromatic carbocycles. The zero-order valence-electron chi connectivity index (χ0n) is 15.9. The predicted octanol–water partition coefficient (Wildman–Crippen LogP) is 3.90. The van der Waals surface area contributed by atoms with Gasteiger partial charge in [-0.1, -0.05) is 72.8 Å². The first-order valence-corrected chi connectivity index (χ1v) is 9.54. The summed E-state index contributed by atoms with van der Waals surface area (Å²) in [4.78, 5) is 15.0. The molecule has 142 valence electrons. The summed E-state index contributed by atoms with van der Waals surface area (Å²) in [7, 11) is 1.58. The largest absolute Gasteiger partial charge is 0.496 e. The third-order valence-corrected chi connectivity index (χ3v) is 5.19. The number of hydrogen-bond acceptors (Lipinski definition) is 3. The number of likely N-dealkylation sites (tertiary alicyclic amines) is 1. The highest BCUT2D eigenvalue weighted by Crippen LogP contribution is 2.32. The molecule has 0 radical (unpaired) electrons. The van der Waals surface area contributed by atoms with Gasteiger partial charge in [-0.15, -0.1) is 0 Å². The number of benzene rings is 3. The molecule has 4 heteroatoms. The second-order valence-electron chi connectivity index (χ2n) is 7.05. The number of amides is 1. The molecule has 4 rings (SSSR count). The van der Waals surface area contributed by atoms with Crippen molar-refractivity contribution in [1.82, 2.24) is 10.2 Å². The topological polar surface area (TPSA) is 41.6 Å². The van der Waals surface area contributed by atoms with E-state index in [2.05, 4.69) is 58.7 Å². The van der Waals surface area contributed by atoms with Gasteiger partial charge in [-0.25, -0.2) is 0 Å². The third-order valence-electron chi connectivity index (χ3n) is 5.19. The maximum Gasteiger partial charge on any atom is 0.255 e. The van der Waals surface area contributed by atoms with Crippen LogP contribution in [0.5, 0.6) is 5.75 Å². The monoisotopic (exact) mass is 372 g/mol. The van der Waals surface area contributed by atoms with Gasteiger partial charge in [-0.05, 0) is 23.3 Å². The first-order chi connectivity index (χ1) is 13.8. The molecule has 1 saturated heterocycles. The highest BCUT2D eigenvalue weighted by Gasteiger charge is 2.35. The predicted molar refractivity (Wildman–Crippen MR) is 111 cm³/mol. The van der Waals surface area contributed by atoms with Gasteiger partial charge >= 0.3 is 0 Å². The summed E-state index contributed by atoms with van der Waals surface area (Å²) in [5, 5.41) is 3.13. The van der Waals surface area contributed by atoms with E-state index in [0.29, 0.717) is 11.3 Å². The molecule has 4 nitrogen and oxygen atoms in total. The van der Waals surface area contributed by atoms with Crippen LogP contribution in [0.2, 0.25) is 0 Å². The molecule has 1 amide bonds. The summed E-state index contributed by atoms with van der Waals surface area (Å²) in [6, 6.07) is 28.7. The molecular weight excluding hydrogens is 348 g/mol. The number of carbonyl (C=O) groups is 1. The Balaban J connectivity index is 1.46. The van der Waals surface area contributed by atoms with E-state index in [1.807, 2.05) is 30.3 Å². The summed E-state index contributed by atoms with van der Waals surface area (Å²) in [5.74, 6) is 0.515. The smallest absolute Gasteiger partial charge is 0.255 e. The zero-order chi connectivity index (χ0) is 19.3. The van der Waals surface area contributed by atoms with Gasteiger partial charge in [-0.2, -0.15) is 0 Å². The third kappa shape index (κ3) is 3.78. The van der Waals surface area contributed by atoms with Crippen LogP contribution in [0, 0.1) is 0 Å². The average Bonchev–Trinajstić information content (AvgIpc) is 2.73. The van der Waals surface area contributed by atoms with Gasteiger partial charge in [0.1, 0.15) is 5.75 Å². The fraction of sp³-hybridized carbons (Fsp3) is 0.208. The average molecular weight is 372 g/mol. The van der Waals surface area contributed by atoms with Crippen LogP contribution in [0.1, 0.15) is 27.5 Å². The fourth-order valence-corrected chi connectivity index (χ4v) is 3.79. The quantitative estimate of drug-likeness (QED) is 0.714. The van der Waals surface area contributed by atoms with Crippen molar-refractivity contribution in [1.29, 1.82) is 0 Å². The van der Waals surface area contributed by atoms with E-state index in [1.54, 1.807) is 13.2 Å². The molecular formula is C24H24N2O2. The number of methoxy groups -OCH3 is 1. The first kappa shape index (κ1) is 18.3. The van der Waals surface area contributed by atoms with Crippen molar-refractivity contribution in [3.8, 4) is 5.75 Å². The van der Waals surface area contributed by atoms with Gasteiger partial charge < -0.3 is 10.1 Å². The van der Waals surface area contributed by atoms with E-state index < -0.39 is 0 Å². The van der Waals surface area contributed by atoms with Crippen molar-refractivity contribution in [3.05, 3.63) is 102 Å². The molecule has 0 spiro atoms. The van der Waals surface area contributed by atoms with Gasteiger partial charge in [-0.3, -0.25) is 9.69 Å². The van der Waals surface area contributed by atoms with Crippen molar-refractivity contribution in [2.45, 2.75) is 12.1 Å². The van der Waals surface area contributed by atoms with Crippen molar-refractivity contribution in [3.63, 3.8) is 0 Å². The van der Waals surface area contributed by atoms with Gasteiger partial charge in [0.05, 0.1) is 24.8 Å². The van der Waals surface area contributed by atoms with E-state index >= 15 is 0 Å². The van der Waals surface area contributed by atoms with Crippen LogP contribution < -0.4 is 10.1 Å². The van der Waals surface area contributed by atoms with Crippen molar-refractivity contribution in [2.75, 3.05) is 20.2 Å². The van der Waals surface area contributed by atoms with Crippen LogP contribution >= 0.6 is 0 Å². The molecule has 0 aliphatic carbocycles. The lowest BCUT2D eigenvalue weighted by Gasteiger charge is -2.45. The van der Waals surface area contributed by atoms with Gasteiger partial charge in [0, 0.05) is 13.1 Å². The summed E-state index contributed by atoms with van der Waals surface area (Å²) in [5.41, 5.74) is 3.11. The molecule has 0 saturated carbocycles. The van der Waals surface area contributed by atoms with Crippen molar-refractivity contribution >= 4 is 5.91 Å². The number of ether oxygens (including phenoxy) is 1. The van der Waals surface area contributed by atoms with Crippen LogP contribution in [0.3, 0.4) is 0 Å². The molecule has 3 aromatic rings. The van der Waals surface area contributed by atoms with E-state index in [-0.39, 0.29) is 18.0 Å². The Kier molecular flexibility index (Phi) is 5.40. The molecule has 1 aliphatic rings. The van der Waals surface area contributed by atoms with Gasteiger partial charge in [0.15, 0.2) is 0 Å². The van der Waals surface area contributed by atoms with E-state index in [9.17, 15) is 4.79 Å². The standard InChI is InChI=1S/C24H24N2O2/c1-28-22-15-9-8-14-21(22)24(27)25-20-16-26(17-20)23(18-10-4-2-5-11-18)19-12-6-3-7-13-19/h2-15,20,23H,16-17H2,1H3,(H,25,27). The van der Waals surface area contributed by atoms with E-state index in [4.69, 9.17) is 4.74 Å². The van der Waals surface area contributed by atoms with Crippen molar-refractivity contribution in [2.24, 2.45) is 0 Å². The molecule has 0 aromatic heterocycles. The Morgan fingerprint density at radius 1 is 0.893 bits per heavy atom. The second-order valence-corrected chi connectivity index (χ2v) is 7.05. The Hall–Kier alpha value is -3.11. The van der Waals surface area contributed by atoms with Crippen LogP contribution in [0.4, 0.5) is 0 Å². The molecule has 1 N–H and O–H groups in total. The minimum Gasteiger partial charge on any atom is -0.496 e. The number of carbonyl (C=O) groups excluding carboxylic acids is 1. The van der Waals surface area contributed by atoms with Crippen LogP contribution in [-0.2, 0) is 0 Å². The summed E-state index contributed by atoms with van der Waals surface area (Å²) in [6.45, 7) is 1.63. The van der Waals surface area contributed by atoms with Gasteiger partial charge in [0.2, 0.25) is 0 Å².